The Morgan fingerprint density at radius 2 is 1.96 bits per heavy atom. The molecule has 4 rings (SSSR count). The summed E-state index contributed by atoms with van der Waals surface area (Å²) < 4.78 is 5.67. The molecule has 2 amide bonds. The summed E-state index contributed by atoms with van der Waals surface area (Å²) in [5, 5.41) is 12.9. The first-order chi connectivity index (χ1) is 13.7. The minimum absolute atomic E-state index is 0.268. The monoisotopic (exact) mass is 377 g/mol. The van der Waals surface area contributed by atoms with E-state index >= 15 is 0 Å². The predicted molar refractivity (Wildman–Crippen MR) is 107 cm³/mol. The van der Waals surface area contributed by atoms with E-state index in [0.29, 0.717) is 30.6 Å². The standard InChI is InChI=1S/C21H23N5O2/c1-14-4-2-3-5-18(14)28-13-12-22-21(27)23-17-10-8-16(9-11-17)20-24-19(25-26-20)15-6-7-15/h2-5,8-11,15H,6-7,12-13H2,1H3,(H2,22,23,27)(H,24,25,26). The molecule has 144 valence electrons. The van der Waals surface area contributed by atoms with Crippen LogP contribution in [0.4, 0.5) is 10.5 Å². The number of urea groups is 1. The summed E-state index contributed by atoms with van der Waals surface area (Å²) in [5.41, 5.74) is 2.70. The lowest BCUT2D eigenvalue weighted by molar-refractivity contribution is 0.247. The number of aromatic nitrogens is 3. The number of carbonyl (C=O) groups excluding carboxylic acids is 1. The van der Waals surface area contributed by atoms with Crippen molar-refractivity contribution in [3.63, 3.8) is 0 Å². The van der Waals surface area contributed by atoms with Gasteiger partial charge in [0.15, 0.2) is 5.82 Å². The molecule has 0 unspecified atom stereocenters. The summed E-state index contributed by atoms with van der Waals surface area (Å²) in [5.74, 6) is 3.02. The van der Waals surface area contributed by atoms with Gasteiger partial charge in [-0.3, -0.25) is 5.10 Å². The molecule has 1 heterocycles. The fourth-order valence-corrected chi connectivity index (χ4v) is 2.86. The van der Waals surface area contributed by atoms with Crippen LogP contribution < -0.4 is 15.4 Å². The second-order valence-electron chi connectivity index (χ2n) is 6.89. The van der Waals surface area contributed by atoms with Gasteiger partial charge in [0.05, 0.1) is 6.54 Å². The van der Waals surface area contributed by atoms with Gasteiger partial charge in [-0.2, -0.15) is 5.10 Å². The van der Waals surface area contributed by atoms with Crippen molar-refractivity contribution in [3.05, 3.63) is 59.9 Å². The largest absolute Gasteiger partial charge is 0.491 e. The third-order valence-electron chi connectivity index (χ3n) is 4.61. The van der Waals surface area contributed by atoms with Gasteiger partial charge >= 0.3 is 6.03 Å². The van der Waals surface area contributed by atoms with Crippen molar-refractivity contribution in [2.24, 2.45) is 0 Å². The van der Waals surface area contributed by atoms with Crippen molar-refractivity contribution in [2.75, 3.05) is 18.5 Å². The van der Waals surface area contributed by atoms with Crippen LogP contribution in [0.15, 0.2) is 48.5 Å². The number of anilines is 1. The molecule has 0 atom stereocenters. The van der Waals surface area contributed by atoms with Crippen LogP contribution in [-0.4, -0.2) is 34.4 Å². The summed E-state index contributed by atoms with van der Waals surface area (Å²) in [7, 11) is 0. The first kappa shape index (κ1) is 18.0. The lowest BCUT2D eigenvalue weighted by Gasteiger charge is -2.10. The Hall–Kier alpha value is -3.35. The van der Waals surface area contributed by atoms with E-state index in [1.807, 2.05) is 55.5 Å². The van der Waals surface area contributed by atoms with Crippen LogP contribution in [0.25, 0.3) is 11.4 Å². The predicted octanol–water partition coefficient (Wildman–Crippen LogP) is 3.86. The van der Waals surface area contributed by atoms with E-state index in [1.54, 1.807) is 0 Å². The quantitative estimate of drug-likeness (QED) is 0.545. The van der Waals surface area contributed by atoms with E-state index in [-0.39, 0.29) is 6.03 Å². The van der Waals surface area contributed by atoms with Crippen molar-refractivity contribution in [1.29, 1.82) is 0 Å². The molecule has 0 radical (unpaired) electrons. The Labute approximate surface area is 163 Å². The molecule has 1 aromatic heterocycles. The molecular weight excluding hydrogens is 354 g/mol. The summed E-state index contributed by atoms with van der Waals surface area (Å²) in [6, 6.07) is 15.0. The average Bonchev–Trinajstić information content (AvgIpc) is 3.44. The maximum atomic E-state index is 12.0. The highest BCUT2D eigenvalue weighted by atomic mass is 16.5. The van der Waals surface area contributed by atoms with Gasteiger partial charge in [-0.05, 0) is 55.7 Å². The molecule has 28 heavy (non-hydrogen) atoms. The molecule has 0 aliphatic heterocycles. The molecule has 3 N–H and O–H groups in total. The van der Waals surface area contributed by atoms with Gasteiger partial charge in [-0.1, -0.05) is 18.2 Å². The Morgan fingerprint density at radius 1 is 1.18 bits per heavy atom. The zero-order valence-corrected chi connectivity index (χ0v) is 15.7. The second kappa shape index (κ2) is 8.12. The number of para-hydroxylation sites is 1. The van der Waals surface area contributed by atoms with E-state index in [9.17, 15) is 4.79 Å². The Balaban J connectivity index is 1.23. The highest BCUT2D eigenvalue weighted by Gasteiger charge is 2.27. The Bertz CT molecular complexity index is 947. The van der Waals surface area contributed by atoms with Gasteiger partial charge < -0.3 is 15.4 Å². The molecule has 3 aromatic rings. The number of rotatable bonds is 7. The topological polar surface area (TPSA) is 91.9 Å². The average molecular weight is 377 g/mol. The van der Waals surface area contributed by atoms with Gasteiger partial charge in [0, 0.05) is 17.2 Å². The lowest BCUT2D eigenvalue weighted by Crippen LogP contribution is -2.32. The van der Waals surface area contributed by atoms with Crippen molar-refractivity contribution >= 4 is 11.7 Å². The molecule has 1 aliphatic carbocycles. The van der Waals surface area contributed by atoms with E-state index in [0.717, 1.165) is 22.7 Å². The van der Waals surface area contributed by atoms with E-state index in [4.69, 9.17) is 4.74 Å². The maximum absolute atomic E-state index is 12.0. The van der Waals surface area contributed by atoms with Crippen molar-refractivity contribution in [3.8, 4) is 17.1 Å². The number of nitrogens with one attached hydrogen (secondary N) is 3. The Kier molecular flexibility index (Phi) is 5.23. The molecule has 2 aromatic carbocycles. The lowest BCUT2D eigenvalue weighted by atomic mass is 10.2. The molecule has 1 saturated carbocycles. The molecule has 0 bridgehead atoms. The summed E-state index contributed by atoms with van der Waals surface area (Å²) in [6.07, 6.45) is 2.37. The number of aryl methyl sites for hydroxylation is 1. The third-order valence-corrected chi connectivity index (χ3v) is 4.61. The van der Waals surface area contributed by atoms with Crippen LogP contribution in [0.3, 0.4) is 0 Å². The number of hydrogen-bond donors (Lipinski definition) is 3. The number of aromatic amines is 1. The zero-order valence-electron chi connectivity index (χ0n) is 15.7. The van der Waals surface area contributed by atoms with Gasteiger partial charge in [-0.25, -0.2) is 9.78 Å². The molecule has 0 spiro atoms. The maximum Gasteiger partial charge on any atom is 0.319 e. The van der Waals surface area contributed by atoms with Crippen LogP contribution in [0.5, 0.6) is 5.75 Å². The van der Waals surface area contributed by atoms with Gasteiger partial charge in [0.1, 0.15) is 18.2 Å². The highest BCUT2D eigenvalue weighted by Crippen LogP contribution is 2.38. The fourth-order valence-electron chi connectivity index (χ4n) is 2.86. The number of benzene rings is 2. The second-order valence-corrected chi connectivity index (χ2v) is 6.89. The Morgan fingerprint density at radius 3 is 2.71 bits per heavy atom. The number of nitrogens with zero attached hydrogens (tertiary/aromatic N) is 2. The first-order valence-corrected chi connectivity index (χ1v) is 9.45. The third kappa shape index (κ3) is 4.49. The molecule has 1 fully saturated rings. The summed E-state index contributed by atoms with van der Waals surface area (Å²) in [6.45, 7) is 2.81. The van der Waals surface area contributed by atoms with Gasteiger partial charge in [-0.15, -0.1) is 0 Å². The molecular formula is C21H23N5O2. The SMILES string of the molecule is Cc1ccccc1OCCNC(=O)Nc1ccc(-c2n[nH]c(C3CC3)n2)cc1. The number of hydrogen-bond acceptors (Lipinski definition) is 4. The molecule has 1 aliphatic rings. The molecule has 0 saturated heterocycles. The van der Waals surface area contributed by atoms with Crippen LogP contribution in [0.2, 0.25) is 0 Å². The van der Waals surface area contributed by atoms with E-state index in [2.05, 4.69) is 25.8 Å². The normalized spacial score (nSPS) is 13.2. The van der Waals surface area contributed by atoms with Crippen molar-refractivity contribution in [1.82, 2.24) is 20.5 Å². The van der Waals surface area contributed by atoms with Crippen LogP contribution >= 0.6 is 0 Å². The summed E-state index contributed by atoms with van der Waals surface area (Å²) >= 11 is 0. The van der Waals surface area contributed by atoms with E-state index < -0.39 is 0 Å². The van der Waals surface area contributed by atoms with Gasteiger partial charge in [0.25, 0.3) is 0 Å². The van der Waals surface area contributed by atoms with Crippen LogP contribution in [0.1, 0.15) is 30.1 Å². The molecule has 7 nitrogen and oxygen atoms in total. The van der Waals surface area contributed by atoms with E-state index in [1.165, 1.54) is 12.8 Å². The molecule has 7 heteroatoms. The highest BCUT2D eigenvalue weighted by molar-refractivity contribution is 5.89. The van der Waals surface area contributed by atoms with Crippen molar-refractivity contribution < 1.29 is 9.53 Å². The smallest absolute Gasteiger partial charge is 0.319 e. The number of carbonyl (C=O) groups is 1. The minimum atomic E-state index is -0.268. The van der Waals surface area contributed by atoms with Crippen molar-refractivity contribution in [2.45, 2.75) is 25.7 Å². The van der Waals surface area contributed by atoms with Crippen LogP contribution in [-0.2, 0) is 0 Å². The van der Waals surface area contributed by atoms with Crippen LogP contribution in [0, 0.1) is 6.92 Å². The number of amides is 2. The summed E-state index contributed by atoms with van der Waals surface area (Å²) in [4.78, 5) is 16.6. The zero-order chi connectivity index (χ0) is 19.3. The number of H-pyrrole nitrogens is 1. The van der Waals surface area contributed by atoms with Gasteiger partial charge in [0.2, 0.25) is 0 Å². The number of ether oxygens (including phenoxy) is 1. The first-order valence-electron chi connectivity index (χ1n) is 9.45. The minimum Gasteiger partial charge on any atom is -0.491 e. The fraction of sp³-hybridized carbons (Fsp3) is 0.286.